The largest absolute Gasteiger partial charge is 0.416 e. The van der Waals surface area contributed by atoms with E-state index in [0.29, 0.717) is 23.4 Å². The first kappa shape index (κ1) is 11.5. The summed E-state index contributed by atoms with van der Waals surface area (Å²) in [5.41, 5.74) is 6.39. The number of hydrogen-bond donors (Lipinski definition) is 1. The lowest BCUT2D eigenvalue weighted by Gasteiger charge is -2.20. The molecule has 0 spiro atoms. The Morgan fingerprint density at radius 1 is 1.33 bits per heavy atom. The number of alkyl halides is 3. The molecule has 18 heavy (non-hydrogen) atoms. The maximum absolute atomic E-state index is 12.7. The third-order valence-corrected chi connectivity index (χ3v) is 3.33. The van der Waals surface area contributed by atoms with Crippen molar-refractivity contribution in [3.05, 3.63) is 29.6 Å². The highest BCUT2D eigenvalue weighted by molar-refractivity contribution is 5.77. The number of rotatable bonds is 0. The van der Waals surface area contributed by atoms with Crippen LogP contribution in [0.5, 0.6) is 0 Å². The molecule has 2 heterocycles. The van der Waals surface area contributed by atoms with Crippen molar-refractivity contribution in [2.75, 3.05) is 0 Å². The molecular formula is C12H12F3N3. The zero-order valence-electron chi connectivity index (χ0n) is 9.54. The Hall–Kier alpha value is -1.56. The molecule has 1 aliphatic heterocycles. The molecule has 0 bridgehead atoms. The van der Waals surface area contributed by atoms with Gasteiger partial charge in [-0.25, -0.2) is 4.98 Å². The van der Waals surface area contributed by atoms with Crippen molar-refractivity contribution >= 4 is 11.0 Å². The molecule has 1 atom stereocenters. The fraction of sp³-hybridized carbons (Fsp3) is 0.417. The molecule has 1 aliphatic rings. The Morgan fingerprint density at radius 3 is 2.83 bits per heavy atom. The van der Waals surface area contributed by atoms with Crippen molar-refractivity contribution < 1.29 is 13.2 Å². The summed E-state index contributed by atoms with van der Waals surface area (Å²) in [4.78, 5) is 4.33. The third kappa shape index (κ3) is 1.68. The molecule has 6 heteroatoms. The van der Waals surface area contributed by atoms with Gasteiger partial charge in [0.2, 0.25) is 0 Å². The smallest absolute Gasteiger partial charge is 0.327 e. The second-order valence-corrected chi connectivity index (χ2v) is 4.57. The van der Waals surface area contributed by atoms with Crippen LogP contribution in [0.4, 0.5) is 13.2 Å². The molecule has 3 rings (SSSR count). The molecule has 0 saturated heterocycles. The van der Waals surface area contributed by atoms with Crippen LogP contribution in [0.15, 0.2) is 18.2 Å². The zero-order chi connectivity index (χ0) is 12.9. The minimum absolute atomic E-state index is 0.180. The fourth-order valence-electron chi connectivity index (χ4n) is 2.43. The average molecular weight is 255 g/mol. The Labute approximate surface area is 101 Å². The Kier molecular flexibility index (Phi) is 2.38. The lowest BCUT2D eigenvalue weighted by Crippen LogP contribution is -2.22. The highest BCUT2D eigenvalue weighted by Crippen LogP contribution is 2.33. The summed E-state index contributed by atoms with van der Waals surface area (Å²) in [7, 11) is 0. The van der Waals surface area contributed by atoms with E-state index < -0.39 is 11.7 Å². The van der Waals surface area contributed by atoms with E-state index in [4.69, 9.17) is 5.73 Å². The number of nitrogens with two attached hydrogens (primary N) is 1. The molecule has 1 aromatic heterocycles. The van der Waals surface area contributed by atoms with E-state index >= 15 is 0 Å². The minimum Gasteiger partial charge on any atom is -0.327 e. The summed E-state index contributed by atoms with van der Waals surface area (Å²) in [6.07, 6.45) is -2.62. The molecule has 1 unspecified atom stereocenters. The Balaban J connectivity index is 2.22. The average Bonchev–Trinajstić information content (AvgIpc) is 2.67. The molecule has 1 aromatic carbocycles. The van der Waals surface area contributed by atoms with E-state index in [2.05, 4.69) is 4.98 Å². The van der Waals surface area contributed by atoms with Gasteiger partial charge in [-0.05, 0) is 31.0 Å². The van der Waals surface area contributed by atoms with Gasteiger partial charge in [-0.2, -0.15) is 13.2 Å². The number of fused-ring (bicyclic) bond motifs is 3. The van der Waals surface area contributed by atoms with E-state index in [-0.39, 0.29) is 6.04 Å². The molecule has 0 fully saturated rings. The second-order valence-electron chi connectivity index (χ2n) is 4.57. The van der Waals surface area contributed by atoms with Crippen LogP contribution in [-0.4, -0.2) is 9.55 Å². The minimum atomic E-state index is -4.32. The van der Waals surface area contributed by atoms with E-state index in [1.54, 1.807) is 4.57 Å². The van der Waals surface area contributed by atoms with Gasteiger partial charge in [-0.3, -0.25) is 0 Å². The Bertz CT molecular complexity index is 600. The number of halogens is 3. The summed E-state index contributed by atoms with van der Waals surface area (Å²) < 4.78 is 39.8. The number of benzene rings is 1. The molecule has 0 amide bonds. The predicted octanol–water partition coefficient (Wildman–Crippen LogP) is 2.85. The molecule has 3 nitrogen and oxygen atoms in total. The van der Waals surface area contributed by atoms with Gasteiger partial charge in [-0.1, -0.05) is 0 Å². The topological polar surface area (TPSA) is 43.8 Å². The summed E-state index contributed by atoms with van der Waals surface area (Å²) in [6.45, 7) is 0.681. The van der Waals surface area contributed by atoms with Crippen molar-refractivity contribution in [1.29, 1.82) is 0 Å². The normalized spacial score (nSPS) is 20.1. The molecule has 2 N–H and O–H groups in total. The highest BCUT2D eigenvalue weighted by atomic mass is 19.4. The standard InChI is InChI=1S/C12H12F3N3/c13-12(14,15)7-3-4-9-10(6-7)18-5-1-2-8(16)11(18)17-9/h3-4,6,8H,1-2,5,16H2. The van der Waals surface area contributed by atoms with E-state index in [9.17, 15) is 13.2 Å². The van der Waals surface area contributed by atoms with Crippen molar-refractivity contribution in [3.63, 3.8) is 0 Å². The number of hydrogen-bond acceptors (Lipinski definition) is 2. The van der Waals surface area contributed by atoms with Gasteiger partial charge in [0.25, 0.3) is 0 Å². The summed E-state index contributed by atoms with van der Waals surface area (Å²) >= 11 is 0. The predicted molar refractivity (Wildman–Crippen MR) is 60.9 cm³/mol. The molecule has 96 valence electrons. The summed E-state index contributed by atoms with van der Waals surface area (Å²) in [5, 5.41) is 0. The van der Waals surface area contributed by atoms with Gasteiger partial charge >= 0.3 is 6.18 Å². The van der Waals surface area contributed by atoms with Gasteiger partial charge in [-0.15, -0.1) is 0 Å². The van der Waals surface area contributed by atoms with Gasteiger partial charge < -0.3 is 10.3 Å². The number of aryl methyl sites for hydroxylation is 1. The van der Waals surface area contributed by atoms with Crippen molar-refractivity contribution in [3.8, 4) is 0 Å². The van der Waals surface area contributed by atoms with Gasteiger partial charge in [0.05, 0.1) is 22.6 Å². The molecule has 2 aromatic rings. The van der Waals surface area contributed by atoms with E-state index in [1.165, 1.54) is 6.07 Å². The van der Waals surface area contributed by atoms with Crippen LogP contribution < -0.4 is 5.73 Å². The second kappa shape index (κ2) is 3.71. The molecule has 0 aliphatic carbocycles. The summed E-state index contributed by atoms with van der Waals surface area (Å²) in [6, 6.07) is 3.45. The monoisotopic (exact) mass is 255 g/mol. The lowest BCUT2D eigenvalue weighted by molar-refractivity contribution is -0.137. The maximum Gasteiger partial charge on any atom is 0.416 e. The fourth-order valence-corrected chi connectivity index (χ4v) is 2.43. The first-order valence-corrected chi connectivity index (χ1v) is 5.80. The third-order valence-electron chi connectivity index (χ3n) is 3.33. The Morgan fingerprint density at radius 2 is 2.11 bits per heavy atom. The first-order chi connectivity index (χ1) is 8.47. The number of aromatic nitrogens is 2. The van der Waals surface area contributed by atoms with Crippen molar-refractivity contribution in [2.24, 2.45) is 5.73 Å². The van der Waals surface area contributed by atoms with Gasteiger partial charge in [0, 0.05) is 6.54 Å². The molecule has 0 saturated carbocycles. The SMILES string of the molecule is NC1CCCn2c1nc1ccc(C(F)(F)F)cc12. The first-order valence-electron chi connectivity index (χ1n) is 5.80. The van der Waals surface area contributed by atoms with Crippen LogP contribution in [0, 0.1) is 0 Å². The van der Waals surface area contributed by atoms with Gasteiger partial charge in [0.15, 0.2) is 0 Å². The van der Waals surface area contributed by atoms with Crippen LogP contribution in [0.3, 0.4) is 0 Å². The van der Waals surface area contributed by atoms with Gasteiger partial charge in [0.1, 0.15) is 5.82 Å². The number of nitrogens with zero attached hydrogens (tertiary/aromatic N) is 2. The molecule has 0 radical (unpaired) electrons. The van der Waals surface area contributed by atoms with Crippen LogP contribution in [-0.2, 0) is 12.7 Å². The van der Waals surface area contributed by atoms with Crippen LogP contribution in [0.1, 0.15) is 30.3 Å². The quantitative estimate of drug-likeness (QED) is 0.786. The molecular weight excluding hydrogens is 243 g/mol. The highest BCUT2D eigenvalue weighted by Gasteiger charge is 2.31. The number of imidazole rings is 1. The maximum atomic E-state index is 12.7. The van der Waals surface area contributed by atoms with Crippen molar-refractivity contribution in [2.45, 2.75) is 31.6 Å². The van der Waals surface area contributed by atoms with Crippen LogP contribution in [0.2, 0.25) is 0 Å². The van der Waals surface area contributed by atoms with E-state index in [1.807, 2.05) is 0 Å². The lowest BCUT2D eigenvalue weighted by atomic mass is 10.1. The van der Waals surface area contributed by atoms with Crippen molar-refractivity contribution in [1.82, 2.24) is 9.55 Å². The van der Waals surface area contributed by atoms with Crippen LogP contribution in [0.25, 0.3) is 11.0 Å². The van der Waals surface area contributed by atoms with Crippen LogP contribution >= 0.6 is 0 Å². The van der Waals surface area contributed by atoms with E-state index in [0.717, 1.165) is 25.0 Å². The summed E-state index contributed by atoms with van der Waals surface area (Å²) in [5.74, 6) is 0.690. The zero-order valence-corrected chi connectivity index (χ0v) is 9.54.